The minimum absolute atomic E-state index is 0.0755. The summed E-state index contributed by atoms with van der Waals surface area (Å²) >= 11 is 6.33. The van der Waals surface area contributed by atoms with Crippen LogP contribution in [0.2, 0.25) is 5.02 Å². The van der Waals surface area contributed by atoms with Gasteiger partial charge in [0.05, 0.1) is 30.4 Å². The number of imidazole rings is 1. The van der Waals surface area contributed by atoms with Gasteiger partial charge in [-0.1, -0.05) is 11.6 Å². The summed E-state index contributed by atoms with van der Waals surface area (Å²) in [5.41, 5.74) is 0.610. The third-order valence-corrected chi connectivity index (χ3v) is 6.19. The van der Waals surface area contributed by atoms with E-state index in [0.29, 0.717) is 24.4 Å². The van der Waals surface area contributed by atoms with E-state index in [-0.39, 0.29) is 54.5 Å². The van der Waals surface area contributed by atoms with Crippen molar-refractivity contribution in [1.82, 2.24) is 15.0 Å². The first-order valence-corrected chi connectivity index (χ1v) is 11.9. The molecule has 2 saturated heterocycles. The van der Waals surface area contributed by atoms with Gasteiger partial charge in [-0.05, 0) is 13.0 Å². The van der Waals surface area contributed by atoms with Crippen LogP contribution >= 0.6 is 11.6 Å². The number of fused-ring (bicyclic) bond motifs is 2. The Labute approximate surface area is 209 Å². The van der Waals surface area contributed by atoms with Crippen LogP contribution in [0.5, 0.6) is 11.8 Å². The summed E-state index contributed by atoms with van der Waals surface area (Å²) < 4.78 is 56.5. The van der Waals surface area contributed by atoms with E-state index in [2.05, 4.69) is 20.3 Å². The first-order valence-electron chi connectivity index (χ1n) is 11.5. The lowest BCUT2D eigenvalue weighted by Crippen LogP contribution is -2.34. The van der Waals surface area contributed by atoms with E-state index in [1.807, 2.05) is 6.92 Å². The molecule has 2 aliphatic heterocycles. The van der Waals surface area contributed by atoms with E-state index in [1.165, 1.54) is 0 Å². The molecule has 3 aromatic rings. The summed E-state index contributed by atoms with van der Waals surface area (Å²) in [6, 6.07) is 4.00. The zero-order valence-electron chi connectivity index (χ0n) is 19.3. The van der Waals surface area contributed by atoms with Crippen LogP contribution in [-0.2, 0) is 20.8 Å². The topological polar surface area (TPSA) is 120 Å². The van der Waals surface area contributed by atoms with Crippen molar-refractivity contribution >= 4 is 28.6 Å². The first-order chi connectivity index (χ1) is 17.4. The molecular formula is C23H25ClF2N4O6. The average molecular weight is 527 g/mol. The Hall–Kier alpha value is -2.77. The van der Waals surface area contributed by atoms with Gasteiger partial charge < -0.3 is 39.1 Å². The number of anilines is 1. The van der Waals surface area contributed by atoms with Crippen molar-refractivity contribution in [2.75, 3.05) is 38.4 Å². The second kappa shape index (κ2) is 10.7. The fraction of sp³-hybridized carbons (Fsp3) is 0.478. The highest BCUT2D eigenvalue weighted by atomic mass is 35.5. The summed E-state index contributed by atoms with van der Waals surface area (Å²) in [5, 5.41) is 12.9. The van der Waals surface area contributed by atoms with E-state index < -0.39 is 36.1 Å². The summed E-state index contributed by atoms with van der Waals surface area (Å²) in [7, 11) is 0. The van der Waals surface area contributed by atoms with Crippen LogP contribution in [0.4, 0.5) is 14.6 Å². The zero-order valence-corrected chi connectivity index (χ0v) is 20.1. The van der Waals surface area contributed by atoms with Crippen LogP contribution < -0.4 is 14.8 Å². The minimum Gasteiger partial charge on any atom is -0.491 e. The summed E-state index contributed by atoms with van der Waals surface area (Å²) in [5.74, 6) is -1.26. The van der Waals surface area contributed by atoms with Gasteiger partial charge in [-0.3, -0.25) is 0 Å². The number of aromatic amines is 1. The number of hydrogen-bond acceptors (Lipinski definition) is 9. The molecule has 2 aliphatic rings. The Morgan fingerprint density at radius 2 is 1.92 bits per heavy atom. The predicted octanol–water partition coefficient (Wildman–Crippen LogP) is 2.82. The summed E-state index contributed by atoms with van der Waals surface area (Å²) in [6.07, 6.45) is -1.96. The van der Waals surface area contributed by atoms with E-state index in [4.69, 9.17) is 35.3 Å². The number of aromatic nitrogens is 3. The number of aliphatic hydroxyl groups excluding tert-OH is 1. The van der Waals surface area contributed by atoms with E-state index in [0.717, 1.165) is 12.1 Å². The van der Waals surface area contributed by atoms with E-state index >= 15 is 0 Å². The smallest absolute Gasteiger partial charge is 0.296 e. The van der Waals surface area contributed by atoms with Crippen LogP contribution in [0.3, 0.4) is 0 Å². The predicted molar refractivity (Wildman–Crippen MR) is 124 cm³/mol. The Balaban J connectivity index is 1.25. The monoisotopic (exact) mass is 526 g/mol. The molecular weight excluding hydrogens is 502 g/mol. The van der Waals surface area contributed by atoms with Crippen molar-refractivity contribution in [3.8, 4) is 11.8 Å². The average Bonchev–Trinajstić information content (AvgIpc) is 3.53. The third-order valence-electron chi connectivity index (χ3n) is 5.90. The molecule has 1 aromatic carbocycles. The van der Waals surface area contributed by atoms with Gasteiger partial charge in [0, 0.05) is 30.8 Å². The van der Waals surface area contributed by atoms with Gasteiger partial charge in [0.15, 0.2) is 11.8 Å². The lowest BCUT2D eigenvalue weighted by molar-refractivity contribution is 0.00706. The van der Waals surface area contributed by atoms with Crippen LogP contribution in [0.15, 0.2) is 18.2 Å². The molecule has 4 heterocycles. The molecule has 3 N–H and O–H groups in total. The SMILES string of the molecule is CCOCCOc1cc(F)c(CNc2nc3nc(O[C@@H]4CO[C@H]5[C@@H]4OC[C@H]5O)[nH]c3cc2Cl)c(F)c1. The fourth-order valence-corrected chi connectivity index (χ4v) is 4.35. The quantitative estimate of drug-likeness (QED) is 0.342. The van der Waals surface area contributed by atoms with Crippen LogP contribution in [0.25, 0.3) is 11.2 Å². The molecule has 36 heavy (non-hydrogen) atoms. The molecule has 0 unspecified atom stereocenters. The highest BCUT2D eigenvalue weighted by Crippen LogP contribution is 2.31. The molecule has 0 radical (unpaired) electrons. The normalized spacial score (nSPS) is 23.2. The molecule has 0 aliphatic carbocycles. The molecule has 2 fully saturated rings. The lowest BCUT2D eigenvalue weighted by Gasteiger charge is -2.15. The van der Waals surface area contributed by atoms with Crippen LogP contribution in [-0.4, -0.2) is 77.5 Å². The molecule has 194 valence electrons. The van der Waals surface area contributed by atoms with Gasteiger partial charge in [-0.15, -0.1) is 0 Å². The maximum Gasteiger partial charge on any atom is 0.296 e. The maximum atomic E-state index is 14.5. The summed E-state index contributed by atoms with van der Waals surface area (Å²) in [4.78, 5) is 11.6. The fourth-order valence-electron chi connectivity index (χ4n) is 4.13. The number of nitrogens with one attached hydrogen (secondary N) is 2. The molecule has 4 atom stereocenters. The number of ether oxygens (including phenoxy) is 5. The number of hydrogen-bond donors (Lipinski definition) is 3. The van der Waals surface area contributed by atoms with Crippen molar-refractivity contribution in [2.24, 2.45) is 0 Å². The van der Waals surface area contributed by atoms with Crippen molar-refractivity contribution in [1.29, 1.82) is 0 Å². The number of halogens is 3. The number of rotatable bonds is 10. The van der Waals surface area contributed by atoms with Crippen molar-refractivity contribution < 1.29 is 37.6 Å². The van der Waals surface area contributed by atoms with Gasteiger partial charge in [-0.25, -0.2) is 13.8 Å². The molecule has 0 bridgehead atoms. The maximum absolute atomic E-state index is 14.5. The number of pyridine rings is 1. The standard InChI is InChI=1S/C23H25ClF2N4O6/c1-2-32-3-4-33-11-5-14(25)12(15(26)6-11)8-27-21-13(24)7-16-22(29-21)30-23(28-16)36-18-10-35-19-17(31)9-34-20(18)19/h5-7,17-20,31H,2-4,8-10H2,1H3,(H2,27,28,29,30)/t17-,18-,19-,20-/m1/s1. The molecule has 0 spiro atoms. The zero-order chi connectivity index (χ0) is 25.2. The number of H-pyrrole nitrogens is 1. The number of benzene rings is 1. The molecule has 2 aromatic heterocycles. The second-order valence-corrected chi connectivity index (χ2v) is 8.72. The molecule has 10 nitrogen and oxygen atoms in total. The van der Waals surface area contributed by atoms with Crippen molar-refractivity contribution in [3.63, 3.8) is 0 Å². The van der Waals surface area contributed by atoms with Gasteiger partial charge in [0.1, 0.15) is 48.1 Å². The largest absolute Gasteiger partial charge is 0.491 e. The van der Waals surface area contributed by atoms with Gasteiger partial charge in [0.2, 0.25) is 0 Å². The van der Waals surface area contributed by atoms with E-state index in [9.17, 15) is 13.9 Å². The molecule has 5 rings (SSSR count). The van der Waals surface area contributed by atoms with Crippen LogP contribution in [0, 0.1) is 11.6 Å². The highest BCUT2D eigenvalue weighted by molar-refractivity contribution is 6.33. The van der Waals surface area contributed by atoms with Gasteiger partial charge in [-0.2, -0.15) is 4.98 Å². The van der Waals surface area contributed by atoms with Crippen LogP contribution in [0.1, 0.15) is 12.5 Å². The van der Waals surface area contributed by atoms with E-state index in [1.54, 1.807) is 6.07 Å². The third kappa shape index (κ3) is 5.18. The number of nitrogens with zero attached hydrogens (tertiary/aromatic N) is 2. The second-order valence-electron chi connectivity index (χ2n) is 8.32. The van der Waals surface area contributed by atoms with Crippen molar-refractivity contribution in [3.05, 3.63) is 40.4 Å². The Kier molecular flexibility index (Phi) is 7.39. The Bertz CT molecular complexity index is 1210. The molecule has 0 saturated carbocycles. The minimum atomic E-state index is -0.766. The van der Waals surface area contributed by atoms with Gasteiger partial charge in [0.25, 0.3) is 6.01 Å². The van der Waals surface area contributed by atoms with Gasteiger partial charge >= 0.3 is 0 Å². The Morgan fingerprint density at radius 1 is 1.14 bits per heavy atom. The first kappa shape index (κ1) is 24.9. The van der Waals surface area contributed by atoms with Crippen molar-refractivity contribution in [2.45, 2.75) is 37.9 Å². The lowest BCUT2D eigenvalue weighted by atomic mass is 10.1. The Morgan fingerprint density at radius 3 is 2.69 bits per heavy atom. The summed E-state index contributed by atoms with van der Waals surface area (Å²) in [6.45, 7) is 3.11. The highest BCUT2D eigenvalue weighted by Gasteiger charge is 2.48. The molecule has 0 amide bonds. The molecule has 13 heteroatoms. The number of aliphatic hydroxyl groups is 1.